The quantitative estimate of drug-likeness (QED) is 0.156. The van der Waals surface area contributed by atoms with Gasteiger partial charge in [0, 0.05) is 64.4 Å². The van der Waals surface area contributed by atoms with Crippen LogP contribution in [-0.2, 0) is 36.8 Å². The van der Waals surface area contributed by atoms with Gasteiger partial charge in [0.15, 0.2) is 0 Å². The summed E-state index contributed by atoms with van der Waals surface area (Å²) in [5, 5.41) is 21.8. The number of alkyl carbamates (subject to hydrolysis) is 1. The van der Waals surface area contributed by atoms with E-state index in [1.807, 2.05) is 23.9 Å². The third-order valence-corrected chi connectivity index (χ3v) is 11.9. The molecule has 15 nitrogen and oxygen atoms in total. The number of hydrogen-bond donors (Lipinski definition) is 3. The van der Waals surface area contributed by atoms with Crippen LogP contribution in [0.2, 0.25) is 0 Å². The van der Waals surface area contributed by atoms with Gasteiger partial charge in [0.05, 0.1) is 70.3 Å². The Hall–Kier alpha value is -3.82. The topological polar surface area (TPSA) is 182 Å². The average Bonchev–Trinajstić information content (AvgIpc) is 3.87. The zero-order valence-electron chi connectivity index (χ0n) is 34.1. The number of nitrogens with zero attached hydrogens (tertiary/aromatic N) is 4. The van der Waals surface area contributed by atoms with Gasteiger partial charge < -0.3 is 39.2 Å². The molecule has 4 atom stereocenters. The zero-order valence-corrected chi connectivity index (χ0v) is 34.9. The van der Waals surface area contributed by atoms with Crippen LogP contribution in [0, 0.1) is 29.6 Å². The molecule has 1 unspecified atom stereocenters. The van der Waals surface area contributed by atoms with E-state index in [0.717, 1.165) is 56.5 Å². The van der Waals surface area contributed by atoms with Gasteiger partial charge in [-0.3, -0.25) is 9.80 Å². The van der Waals surface area contributed by atoms with Crippen molar-refractivity contribution in [2.24, 2.45) is 17.8 Å². The Morgan fingerprint density at radius 1 is 0.763 bits per heavy atom. The number of pyridine rings is 2. The summed E-state index contributed by atoms with van der Waals surface area (Å²) >= 11 is 1.82. The van der Waals surface area contributed by atoms with E-state index in [4.69, 9.17) is 23.7 Å². The normalized spacial score (nSPS) is 22.8. The molecule has 3 N–H and O–H groups in total. The highest BCUT2D eigenvalue weighted by Crippen LogP contribution is 2.52. The minimum atomic E-state index is -1.06. The first kappa shape index (κ1) is 46.2. The predicted molar refractivity (Wildman–Crippen MR) is 222 cm³/mol. The number of fused-ring (bicyclic) bond motifs is 1. The molecule has 2 aromatic heterocycles. The second kappa shape index (κ2) is 26.4. The van der Waals surface area contributed by atoms with Gasteiger partial charge in [0.25, 0.3) is 0 Å². The van der Waals surface area contributed by atoms with Crippen molar-refractivity contribution in [3.63, 3.8) is 0 Å². The van der Waals surface area contributed by atoms with Crippen molar-refractivity contribution >= 4 is 29.8 Å². The molecule has 0 aromatic carbocycles. The second-order valence-corrected chi connectivity index (χ2v) is 16.2. The van der Waals surface area contributed by atoms with E-state index in [2.05, 4.69) is 36.9 Å². The number of rotatable bonds is 16. The van der Waals surface area contributed by atoms with Crippen molar-refractivity contribution in [3.8, 4) is 11.8 Å². The van der Waals surface area contributed by atoms with Crippen molar-refractivity contribution in [2.75, 3.05) is 97.1 Å². The van der Waals surface area contributed by atoms with Gasteiger partial charge in [0.1, 0.15) is 11.4 Å². The number of carboxylic acids is 2. The Balaban J connectivity index is 1.06. The number of nitrogens with one attached hydrogen (secondary N) is 1. The van der Waals surface area contributed by atoms with Crippen molar-refractivity contribution < 1.29 is 48.3 Å². The molecule has 0 spiro atoms. The smallest absolute Gasteiger partial charge is 0.407 e. The van der Waals surface area contributed by atoms with E-state index in [1.165, 1.54) is 12.1 Å². The summed E-state index contributed by atoms with van der Waals surface area (Å²) in [6.45, 7) is 7.40. The first-order valence-corrected chi connectivity index (χ1v) is 22.1. The van der Waals surface area contributed by atoms with Gasteiger partial charge in [-0.2, -0.15) is 11.8 Å². The number of ether oxygens (including phenoxy) is 5. The highest BCUT2D eigenvalue weighted by atomic mass is 32.2. The molecule has 2 aromatic rings. The van der Waals surface area contributed by atoms with Gasteiger partial charge in [-0.15, -0.1) is 11.8 Å². The summed E-state index contributed by atoms with van der Waals surface area (Å²) in [4.78, 5) is 48.2. The number of thioether (sulfide) groups is 1. The number of carbonyl (C=O) groups excluding carboxylic acids is 1. The van der Waals surface area contributed by atoms with Gasteiger partial charge in [-0.05, 0) is 73.5 Å². The van der Waals surface area contributed by atoms with E-state index >= 15 is 0 Å². The standard InChI is InChI=1S/C43H61N5O10S/c49-41(50)39-14-8-10-33(45-39)28-47-17-21-54-25-26-55-22-18-48(29-34-11-9-15-40(46-34)42(51)52)20-24-57-35(30-56-23-19-47)32-59-27-7-3-6-16-44-43(53)58-31-38-36-12-4-1-2-5-13-37(36)38/h8-11,14-15,35-38H,3-7,12-13,16-32H2,(H,44,53)(H,49,50)(H,51,52)/t35-,36-,37+,38?/m0/s1. The molecule has 3 aliphatic rings. The lowest BCUT2D eigenvalue weighted by Crippen LogP contribution is -2.35. The fourth-order valence-corrected chi connectivity index (χ4v) is 8.43. The third-order valence-electron chi connectivity index (χ3n) is 10.7. The van der Waals surface area contributed by atoms with Crippen molar-refractivity contribution in [1.82, 2.24) is 25.1 Å². The Labute approximate surface area is 352 Å². The number of hydrogen-bond acceptors (Lipinski definition) is 13. The molecule has 1 amide bonds. The van der Waals surface area contributed by atoms with Crippen LogP contribution >= 0.6 is 11.8 Å². The lowest BCUT2D eigenvalue weighted by atomic mass is 10.1. The molecule has 1 aliphatic heterocycles. The molecule has 324 valence electrons. The summed E-state index contributed by atoms with van der Waals surface area (Å²) < 4.78 is 29.9. The number of unbranched alkanes of at least 4 members (excludes halogenated alkanes) is 2. The summed E-state index contributed by atoms with van der Waals surface area (Å²) in [7, 11) is 0. The van der Waals surface area contributed by atoms with Gasteiger partial charge in [-0.25, -0.2) is 24.4 Å². The predicted octanol–water partition coefficient (Wildman–Crippen LogP) is 4.70. The van der Waals surface area contributed by atoms with Crippen molar-refractivity contribution in [2.45, 2.75) is 64.1 Å². The molecule has 59 heavy (non-hydrogen) atoms. The zero-order chi connectivity index (χ0) is 41.5. The fourth-order valence-electron chi connectivity index (χ4n) is 7.40. The van der Waals surface area contributed by atoms with Crippen LogP contribution in [-0.4, -0.2) is 151 Å². The van der Waals surface area contributed by atoms with E-state index < -0.39 is 11.9 Å². The van der Waals surface area contributed by atoms with E-state index in [9.17, 15) is 24.6 Å². The van der Waals surface area contributed by atoms with Crippen LogP contribution in [0.3, 0.4) is 0 Å². The summed E-state index contributed by atoms with van der Waals surface area (Å²) in [5.74, 6) is 7.82. The molecule has 0 bridgehead atoms. The Morgan fingerprint density at radius 3 is 1.93 bits per heavy atom. The number of aromatic carboxylic acids is 2. The number of amides is 1. The largest absolute Gasteiger partial charge is 0.477 e. The summed E-state index contributed by atoms with van der Waals surface area (Å²) in [6, 6.07) is 10.0. The molecule has 0 radical (unpaired) electrons. The first-order valence-electron chi connectivity index (χ1n) is 21.0. The molecule has 1 saturated carbocycles. The maximum Gasteiger partial charge on any atom is 0.407 e. The summed E-state index contributed by atoms with van der Waals surface area (Å²) in [6.07, 6.45) is 6.53. The Bertz CT molecular complexity index is 1640. The van der Waals surface area contributed by atoms with E-state index in [-0.39, 0.29) is 23.6 Å². The van der Waals surface area contributed by atoms with Crippen LogP contribution in [0.1, 0.15) is 77.3 Å². The minimum Gasteiger partial charge on any atom is -0.477 e. The van der Waals surface area contributed by atoms with Crippen LogP contribution in [0.5, 0.6) is 0 Å². The molecule has 3 heterocycles. The van der Waals surface area contributed by atoms with Crippen LogP contribution in [0.25, 0.3) is 0 Å². The van der Waals surface area contributed by atoms with Gasteiger partial charge in [-0.1, -0.05) is 18.6 Å². The average molecular weight is 840 g/mol. The molecular weight excluding hydrogens is 779 g/mol. The van der Waals surface area contributed by atoms with Crippen molar-refractivity contribution in [1.29, 1.82) is 0 Å². The first-order chi connectivity index (χ1) is 28.9. The maximum atomic E-state index is 12.3. The Kier molecular flexibility index (Phi) is 20.7. The highest BCUT2D eigenvalue weighted by molar-refractivity contribution is 7.99. The van der Waals surface area contributed by atoms with Crippen LogP contribution < -0.4 is 5.32 Å². The molecule has 5 rings (SSSR count). The molecule has 2 aliphatic carbocycles. The van der Waals surface area contributed by atoms with E-state index in [1.54, 1.807) is 12.1 Å². The van der Waals surface area contributed by atoms with Crippen molar-refractivity contribution in [3.05, 3.63) is 59.2 Å². The van der Waals surface area contributed by atoms with Gasteiger partial charge >= 0.3 is 18.0 Å². The molecule has 1 saturated heterocycles. The van der Waals surface area contributed by atoms with Gasteiger partial charge in [0.2, 0.25) is 0 Å². The SMILES string of the molecule is O=C(NCCCCCSC[C@@H]1COCCN(Cc2cccc(C(=O)O)n2)CCOCCOCCN(Cc2cccc(C(=O)O)n2)CCO1)OCC1[C@H]2CCC#CCC[C@@H]12. The summed E-state index contributed by atoms with van der Waals surface area (Å²) in [5.41, 5.74) is 1.33. The monoisotopic (exact) mass is 839 g/mol. The molecule has 16 heteroatoms. The molecular formula is C43H61N5O10S. The minimum absolute atomic E-state index is 0.00759. The highest BCUT2D eigenvalue weighted by Gasteiger charge is 2.49. The fraction of sp³-hybridized carbons (Fsp3) is 0.651. The Morgan fingerprint density at radius 2 is 1.34 bits per heavy atom. The molecule has 2 fully saturated rings. The van der Waals surface area contributed by atoms with Crippen LogP contribution in [0.4, 0.5) is 4.79 Å². The van der Waals surface area contributed by atoms with Crippen LogP contribution in [0.15, 0.2) is 36.4 Å². The number of aromatic nitrogens is 2. The number of carbonyl (C=O) groups is 3. The lowest BCUT2D eigenvalue weighted by molar-refractivity contribution is -0.0238. The van der Waals surface area contributed by atoms with E-state index in [0.29, 0.717) is 128 Å². The number of carboxylic acid groups (broad SMARTS) is 2. The third kappa shape index (κ3) is 17.7. The lowest BCUT2D eigenvalue weighted by Gasteiger charge is -2.25. The second-order valence-electron chi connectivity index (χ2n) is 15.1. The maximum absolute atomic E-state index is 12.3.